The van der Waals surface area contributed by atoms with Crippen LogP contribution in [0.5, 0.6) is 0 Å². The van der Waals surface area contributed by atoms with Crippen LogP contribution in [-0.4, -0.2) is 11.6 Å². The van der Waals surface area contributed by atoms with E-state index >= 15 is 0 Å². The molecule has 82 valence electrons. The fourth-order valence-corrected chi connectivity index (χ4v) is 1.36. The van der Waals surface area contributed by atoms with Crippen molar-refractivity contribution in [2.45, 2.75) is 26.4 Å². The Morgan fingerprint density at radius 2 is 2.00 bits per heavy atom. The van der Waals surface area contributed by atoms with Crippen molar-refractivity contribution in [2.24, 2.45) is 0 Å². The Hall–Kier alpha value is -0.900. The van der Waals surface area contributed by atoms with Gasteiger partial charge in [-0.15, -0.1) is 0 Å². The molecule has 0 saturated carbocycles. The number of carbonyl (C=O) groups excluding carboxylic acids is 1. The van der Waals surface area contributed by atoms with Gasteiger partial charge in [0.2, 0.25) is 0 Å². The Kier molecular flexibility index (Phi) is 3.50. The summed E-state index contributed by atoms with van der Waals surface area (Å²) in [6, 6.07) is 4.52. The summed E-state index contributed by atoms with van der Waals surface area (Å²) in [6.45, 7) is 5.21. The molecule has 0 amide bonds. The Bertz CT molecular complexity index is 383. The molecule has 15 heavy (non-hydrogen) atoms. The van der Waals surface area contributed by atoms with Crippen molar-refractivity contribution < 1.29 is 13.9 Å². The molecule has 0 aliphatic carbocycles. The first-order chi connectivity index (χ1) is 6.81. The Balaban J connectivity index is 2.97. The highest BCUT2D eigenvalue weighted by Gasteiger charge is 2.21. The Labute approximate surface area is 96.6 Å². The fraction of sp³-hybridized carbons (Fsp3) is 0.364. The molecular weight excluding hydrogens is 263 g/mol. The van der Waals surface area contributed by atoms with Gasteiger partial charge in [-0.05, 0) is 48.8 Å². The van der Waals surface area contributed by atoms with Crippen molar-refractivity contribution in [1.29, 1.82) is 0 Å². The molecule has 2 nitrogen and oxygen atoms in total. The molecular formula is C11H12BrFO2. The van der Waals surface area contributed by atoms with Crippen molar-refractivity contribution >= 4 is 21.9 Å². The van der Waals surface area contributed by atoms with Crippen LogP contribution in [0.4, 0.5) is 4.39 Å². The van der Waals surface area contributed by atoms with Gasteiger partial charge >= 0.3 is 5.97 Å². The molecule has 0 N–H and O–H groups in total. The molecule has 0 spiro atoms. The second kappa shape index (κ2) is 4.31. The van der Waals surface area contributed by atoms with Crippen LogP contribution in [-0.2, 0) is 4.74 Å². The van der Waals surface area contributed by atoms with Crippen LogP contribution in [0.1, 0.15) is 31.1 Å². The zero-order valence-electron chi connectivity index (χ0n) is 8.80. The number of carbonyl (C=O) groups is 1. The zero-order valence-corrected chi connectivity index (χ0v) is 10.4. The maximum absolute atomic E-state index is 13.5. The zero-order chi connectivity index (χ0) is 11.6. The average molecular weight is 275 g/mol. The monoisotopic (exact) mass is 274 g/mol. The van der Waals surface area contributed by atoms with Gasteiger partial charge < -0.3 is 4.74 Å². The topological polar surface area (TPSA) is 26.3 Å². The highest BCUT2D eigenvalue weighted by atomic mass is 79.9. The third-order valence-corrected chi connectivity index (χ3v) is 2.18. The van der Waals surface area contributed by atoms with Crippen LogP contribution in [0, 0.1) is 5.82 Å². The van der Waals surface area contributed by atoms with Gasteiger partial charge in [0.25, 0.3) is 0 Å². The van der Waals surface area contributed by atoms with Crippen LogP contribution < -0.4 is 0 Å². The van der Waals surface area contributed by atoms with Gasteiger partial charge in [0, 0.05) is 0 Å². The van der Waals surface area contributed by atoms with Gasteiger partial charge in [-0.3, -0.25) is 0 Å². The van der Waals surface area contributed by atoms with E-state index in [1.165, 1.54) is 12.1 Å². The first kappa shape index (κ1) is 12.2. The SMILES string of the molecule is CC(C)(C)OC(=O)c1cccc(Br)c1F. The minimum atomic E-state index is -0.652. The summed E-state index contributed by atoms with van der Waals surface area (Å²) < 4.78 is 18.8. The maximum atomic E-state index is 13.5. The Morgan fingerprint density at radius 1 is 1.40 bits per heavy atom. The summed E-state index contributed by atoms with van der Waals surface area (Å²) in [5.41, 5.74) is -0.675. The molecule has 0 unspecified atom stereocenters. The molecule has 1 aromatic carbocycles. The second-order valence-electron chi connectivity index (χ2n) is 4.10. The predicted molar refractivity (Wildman–Crippen MR) is 59.3 cm³/mol. The van der Waals surface area contributed by atoms with Crippen molar-refractivity contribution in [1.82, 2.24) is 0 Å². The molecule has 1 rings (SSSR count). The van der Waals surface area contributed by atoms with Gasteiger partial charge in [-0.1, -0.05) is 6.07 Å². The lowest BCUT2D eigenvalue weighted by molar-refractivity contribution is 0.00646. The number of benzene rings is 1. The van der Waals surface area contributed by atoms with Crippen LogP contribution in [0.25, 0.3) is 0 Å². The summed E-state index contributed by atoms with van der Waals surface area (Å²) in [7, 11) is 0. The van der Waals surface area contributed by atoms with Crippen molar-refractivity contribution in [3.05, 3.63) is 34.1 Å². The molecule has 0 aromatic heterocycles. The molecule has 0 aliphatic rings. The van der Waals surface area contributed by atoms with Gasteiger partial charge in [0.05, 0.1) is 10.0 Å². The van der Waals surface area contributed by atoms with E-state index in [-0.39, 0.29) is 10.0 Å². The van der Waals surface area contributed by atoms with E-state index in [1.54, 1.807) is 26.8 Å². The normalized spacial score (nSPS) is 11.3. The first-order valence-electron chi connectivity index (χ1n) is 4.48. The second-order valence-corrected chi connectivity index (χ2v) is 4.96. The number of hydrogen-bond acceptors (Lipinski definition) is 2. The fourth-order valence-electron chi connectivity index (χ4n) is 0.995. The van der Waals surface area contributed by atoms with E-state index < -0.39 is 17.4 Å². The van der Waals surface area contributed by atoms with Crippen LogP contribution >= 0.6 is 15.9 Å². The molecule has 0 heterocycles. The minimum absolute atomic E-state index is 0.0562. The summed E-state index contributed by atoms with van der Waals surface area (Å²) in [6.07, 6.45) is 0. The largest absolute Gasteiger partial charge is 0.456 e. The molecule has 0 fully saturated rings. The molecule has 0 bridgehead atoms. The highest BCUT2D eigenvalue weighted by Crippen LogP contribution is 2.21. The lowest BCUT2D eigenvalue weighted by atomic mass is 10.1. The summed E-state index contributed by atoms with van der Waals surface area (Å²) >= 11 is 3.01. The predicted octanol–water partition coefficient (Wildman–Crippen LogP) is 3.54. The maximum Gasteiger partial charge on any atom is 0.341 e. The van der Waals surface area contributed by atoms with Gasteiger partial charge in [0.1, 0.15) is 5.60 Å². The van der Waals surface area contributed by atoms with Crippen LogP contribution in [0.15, 0.2) is 22.7 Å². The van der Waals surface area contributed by atoms with Crippen molar-refractivity contribution in [3.8, 4) is 0 Å². The van der Waals surface area contributed by atoms with Crippen LogP contribution in [0.2, 0.25) is 0 Å². The molecule has 0 atom stereocenters. The van der Waals surface area contributed by atoms with Gasteiger partial charge in [-0.25, -0.2) is 9.18 Å². The Morgan fingerprint density at radius 3 is 2.53 bits per heavy atom. The van der Waals surface area contributed by atoms with E-state index in [4.69, 9.17) is 4.74 Å². The number of rotatable bonds is 1. The number of ether oxygens (including phenoxy) is 1. The minimum Gasteiger partial charge on any atom is -0.456 e. The van der Waals surface area contributed by atoms with E-state index in [0.717, 1.165) is 0 Å². The van der Waals surface area contributed by atoms with E-state index in [9.17, 15) is 9.18 Å². The van der Waals surface area contributed by atoms with Crippen LogP contribution in [0.3, 0.4) is 0 Å². The summed E-state index contributed by atoms with van der Waals surface area (Å²) in [5, 5.41) is 0. The third-order valence-electron chi connectivity index (χ3n) is 1.57. The third kappa shape index (κ3) is 3.30. The van der Waals surface area contributed by atoms with E-state index in [2.05, 4.69) is 15.9 Å². The van der Waals surface area contributed by atoms with E-state index in [1.807, 2.05) is 0 Å². The first-order valence-corrected chi connectivity index (χ1v) is 5.28. The van der Waals surface area contributed by atoms with Crippen molar-refractivity contribution in [2.75, 3.05) is 0 Å². The van der Waals surface area contributed by atoms with Gasteiger partial charge in [0.15, 0.2) is 5.82 Å². The smallest absolute Gasteiger partial charge is 0.341 e. The lowest BCUT2D eigenvalue weighted by Gasteiger charge is -2.19. The van der Waals surface area contributed by atoms with Gasteiger partial charge in [-0.2, -0.15) is 0 Å². The quantitative estimate of drug-likeness (QED) is 0.733. The number of halogens is 2. The molecule has 0 aliphatic heterocycles. The lowest BCUT2D eigenvalue weighted by Crippen LogP contribution is -2.24. The summed E-state index contributed by atoms with van der Waals surface area (Å²) in [4.78, 5) is 11.6. The molecule has 0 radical (unpaired) electrons. The van der Waals surface area contributed by atoms with Crippen molar-refractivity contribution in [3.63, 3.8) is 0 Å². The molecule has 0 saturated heterocycles. The summed E-state index contributed by atoms with van der Waals surface area (Å²) in [5.74, 6) is -1.24. The number of hydrogen-bond donors (Lipinski definition) is 0. The standard InChI is InChI=1S/C11H12BrFO2/c1-11(2,3)15-10(14)7-5-4-6-8(12)9(7)13/h4-6H,1-3H3. The molecule has 4 heteroatoms. The molecule has 1 aromatic rings. The van der Waals surface area contributed by atoms with E-state index in [0.29, 0.717) is 0 Å². The highest BCUT2D eigenvalue weighted by molar-refractivity contribution is 9.10. The average Bonchev–Trinajstić information content (AvgIpc) is 2.06. The number of esters is 1.